The maximum Gasteiger partial charge on any atom is 0.118 e. The summed E-state index contributed by atoms with van der Waals surface area (Å²) in [6.45, 7) is 7.43. The number of hydrogen-bond acceptors (Lipinski definition) is 7. The van der Waals surface area contributed by atoms with Crippen molar-refractivity contribution in [2.24, 2.45) is 0 Å². The molecule has 1 aromatic rings. The van der Waals surface area contributed by atoms with E-state index in [2.05, 4.69) is 0 Å². The van der Waals surface area contributed by atoms with E-state index in [4.69, 9.17) is 28.2 Å². The van der Waals surface area contributed by atoms with Gasteiger partial charge in [-0.1, -0.05) is 18.2 Å². The Morgan fingerprint density at radius 1 is 1.00 bits per heavy atom. The molecule has 9 heteroatoms. The first-order valence-corrected chi connectivity index (χ1v) is 10.4. The summed E-state index contributed by atoms with van der Waals surface area (Å²) < 4.78 is 45.0. The monoisotopic (exact) mass is 415 g/mol. The van der Waals surface area contributed by atoms with Gasteiger partial charge in [-0.15, -0.1) is 0 Å². The number of para-hydroxylation sites is 1. The van der Waals surface area contributed by atoms with Crippen LogP contribution in [0, 0.1) is 0 Å². The zero-order valence-electron chi connectivity index (χ0n) is 16.7. The van der Waals surface area contributed by atoms with Crippen molar-refractivity contribution in [2.45, 2.75) is 69.5 Å². The summed E-state index contributed by atoms with van der Waals surface area (Å²) in [4.78, 5) is 0. The number of fused-ring (bicyclic) bond motifs is 1. The zero-order chi connectivity index (χ0) is 20.5. The van der Waals surface area contributed by atoms with Crippen LogP contribution in [0.2, 0.25) is 0 Å². The molecule has 1 N–H and O–H groups in total. The summed E-state index contributed by atoms with van der Waals surface area (Å²) in [5.41, 5.74) is 0. The van der Waals surface area contributed by atoms with Crippen molar-refractivity contribution in [3.8, 4) is 5.75 Å². The van der Waals surface area contributed by atoms with Gasteiger partial charge in [0.1, 0.15) is 5.75 Å². The molecule has 6 unspecified atom stereocenters. The van der Waals surface area contributed by atoms with E-state index in [-0.39, 0.29) is 0 Å². The molecule has 6 atom stereocenters. The minimum Gasteiger partial charge on any atom is -0.497 e. The van der Waals surface area contributed by atoms with E-state index in [0.29, 0.717) is 6.61 Å². The minimum absolute atomic E-state index is 0.323. The van der Waals surface area contributed by atoms with Gasteiger partial charge in [-0.05, 0) is 12.1 Å². The topological polar surface area (TPSA) is 95.5 Å². The average molecular weight is 415 g/mol. The third kappa shape index (κ3) is 4.96. The van der Waals surface area contributed by atoms with E-state index in [1.165, 1.54) is 0 Å². The molecular weight excluding hydrogens is 387 g/mol. The number of benzene rings is 1. The van der Waals surface area contributed by atoms with Crippen LogP contribution < -0.4 is 4.74 Å². The Morgan fingerprint density at radius 2 is 1.64 bits per heavy atom. The average Bonchev–Trinajstić information content (AvgIpc) is 3.18. The van der Waals surface area contributed by atoms with Crippen molar-refractivity contribution in [3.63, 3.8) is 0 Å². The van der Waals surface area contributed by atoms with Crippen molar-refractivity contribution in [2.75, 3.05) is 13.7 Å². The van der Waals surface area contributed by atoms with Crippen LogP contribution in [0.1, 0.15) is 27.7 Å². The van der Waals surface area contributed by atoms with Gasteiger partial charge in [0.05, 0.1) is 7.11 Å². The van der Waals surface area contributed by atoms with Crippen molar-refractivity contribution in [1.29, 1.82) is 0 Å². The molecular formula is C19H28O8P+. The Balaban J connectivity index is 0.000000236. The Hall–Kier alpha value is -0.960. The van der Waals surface area contributed by atoms with Crippen LogP contribution in [0.15, 0.2) is 30.3 Å². The molecule has 0 amide bonds. The molecule has 3 fully saturated rings. The quantitative estimate of drug-likeness (QED) is 0.586. The molecule has 0 radical (unpaired) electrons. The fourth-order valence-corrected chi connectivity index (χ4v) is 4.47. The van der Waals surface area contributed by atoms with Gasteiger partial charge in [0, 0.05) is 0 Å². The fourth-order valence-electron chi connectivity index (χ4n) is 3.38. The van der Waals surface area contributed by atoms with E-state index < -0.39 is 49.7 Å². The van der Waals surface area contributed by atoms with E-state index in [1.54, 1.807) is 34.8 Å². The largest absolute Gasteiger partial charge is 0.497 e. The third-order valence-electron chi connectivity index (χ3n) is 4.60. The van der Waals surface area contributed by atoms with E-state index >= 15 is 0 Å². The third-order valence-corrected chi connectivity index (χ3v) is 5.78. The summed E-state index contributed by atoms with van der Waals surface area (Å²) in [7, 11) is -0.585. The summed E-state index contributed by atoms with van der Waals surface area (Å²) in [5, 5.41) is 9.96. The SMILES string of the molecule is CC1(C)OCC(C2OP(#[O+])C(O)C3OC(C)(C)OC23)O1.COc1ccccc1. The number of ether oxygens (including phenoxy) is 5. The molecule has 3 saturated heterocycles. The Kier molecular flexibility index (Phi) is 6.54. The smallest absolute Gasteiger partial charge is 0.118 e. The van der Waals surface area contributed by atoms with Crippen molar-refractivity contribution in [1.82, 2.24) is 0 Å². The van der Waals surface area contributed by atoms with Crippen LogP contribution in [-0.4, -0.2) is 60.7 Å². The maximum absolute atomic E-state index is 11.9. The van der Waals surface area contributed by atoms with Gasteiger partial charge in [0.15, 0.2) is 0 Å². The van der Waals surface area contributed by atoms with E-state index in [1.807, 2.05) is 30.3 Å². The maximum atomic E-state index is 11.9. The van der Waals surface area contributed by atoms with E-state index in [0.717, 1.165) is 5.75 Å². The number of hydrogen-bond donors (Lipinski definition) is 1. The minimum atomic E-state index is -2.25. The predicted octanol–water partition coefficient (Wildman–Crippen LogP) is 2.81. The summed E-state index contributed by atoms with van der Waals surface area (Å²) in [5.74, 6) is -1.84. The van der Waals surface area contributed by atoms with Crippen molar-refractivity contribution in [3.05, 3.63) is 30.3 Å². The molecule has 0 aromatic heterocycles. The van der Waals surface area contributed by atoms with Crippen molar-refractivity contribution < 1.29 is 37.7 Å². The van der Waals surface area contributed by atoms with Gasteiger partial charge < -0.3 is 4.74 Å². The molecule has 156 valence electrons. The Labute approximate surface area is 165 Å². The van der Waals surface area contributed by atoms with Crippen LogP contribution in [-0.2, 0) is 27.9 Å². The molecule has 8 nitrogen and oxygen atoms in total. The second kappa shape index (κ2) is 8.42. The van der Waals surface area contributed by atoms with Gasteiger partial charge in [0.25, 0.3) is 0 Å². The normalized spacial score (nSPS) is 36.9. The number of aliphatic hydroxyl groups is 1. The number of rotatable bonds is 2. The predicted molar refractivity (Wildman–Crippen MR) is 100 cm³/mol. The molecule has 0 spiro atoms. The Morgan fingerprint density at radius 3 is 2.18 bits per heavy atom. The molecule has 3 aliphatic rings. The zero-order valence-corrected chi connectivity index (χ0v) is 17.6. The second-order valence-corrected chi connectivity index (χ2v) is 9.03. The molecule has 0 aliphatic carbocycles. The van der Waals surface area contributed by atoms with Crippen LogP contribution in [0.3, 0.4) is 0 Å². The fraction of sp³-hybridized carbons (Fsp3) is 0.684. The van der Waals surface area contributed by atoms with Gasteiger partial charge in [-0.25, -0.2) is 0 Å². The molecule has 1 aromatic carbocycles. The standard InChI is InChI=1S/C12H20O7P.C7H8O/c1-11(2)15-5-6(16-11)7-8-9(10(13)20(14)19-7)18-12(3,4)17-8;1-8-7-5-3-2-4-6-7/h6-10,13H,5H2,1-4H3;2-6H,1H3/q+1;. The molecule has 28 heavy (non-hydrogen) atoms. The molecule has 3 aliphatic heterocycles. The van der Waals surface area contributed by atoms with Gasteiger partial charge in [0.2, 0.25) is 0 Å². The molecule has 0 saturated carbocycles. The summed E-state index contributed by atoms with van der Waals surface area (Å²) in [6, 6.07) is 9.68. The van der Waals surface area contributed by atoms with Crippen LogP contribution in [0.25, 0.3) is 0 Å². The molecule has 4 rings (SSSR count). The van der Waals surface area contributed by atoms with Crippen molar-refractivity contribution >= 4 is 7.88 Å². The van der Waals surface area contributed by atoms with Gasteiger partial charge >= 0.3 is 117 Å². The summed E-state index contributed by atoms with van der Waals surface area (Å²) >= 11 is 0. The van der Waals surface area contributed by atoms with Crippen LogP contribution >= 0.6 is 7.88 Å². The molecule has 0 bridgehead atoms. The first-order chi connectivity index (χ1) is 13.1. The number of aliphatic hydroxyl groups excluding tert-OH is 1. The van der Waals surface area contributed by atoms with Gasteiger partial charge in [-0.3, -0.25) is 0 Å². The first kappa shape index (κ1) is 21.7. The summed E-state index contributed by atoms with van der Waals surface area (Å²) in [6.07, 6.45) is -2.20. The first-order valence-electron chi connectivity index (χ1n) is 9.19. The number of methoxy groups -OCH3 is 1. The van der Waals surface area contributed by atoms with E-state index in [9.17, 15) is 9.52 Å². The molecule has 3 heterocycles. The van der Waals surface area contributed by atoms with Crippen LogP contribution in [0.4, 0.5) is 0 Å². The second-order valence-electron chi connectivity index (χ2n) is 7.72. The van der Waals surface area contributed by atoms with Gasteiger partial charge in [-0.2, -0.15) is 0 Å². The van der Waals surface area contributed by atoms with Crippen LogP contribution in [0.5, 0.6) is 5.75 Å². The Bertz CT molecular complexity index is 728.